The number of amides is 1. The van der Waals surface area contributed by atoms with Crippen LogP contribution in [0.1, 0.15) is 26.7 Å². The van der Waals surface area contributed by atoms with E-state index >= 15 is 0 Å². The van der Waals surface area contributed by atoms with E-state index in [1.54, 1.807) is 6.92 Å². The Labute approximate surface area is 72.3 Å². The molecule has 12 heavy (non-hydrogen) atoms. The predicted octanol–water partition coefficient (Wildman–Crippen LogP) is 1.10. The summed E-state index contributed by atoms with van der Waals surface area (Å²) in [5.74, 6) is 0.0305. The van der Waals surface area contributed by atoms with Crippen LogP contribution in [0.3, 0.4) is 0 Å². The third-order valence-corrected chi connectivity index (χ3v) is 1.62. The van der Waals surface area contributed by atoms with Crippen LogP contribution in [0.25, 0.3) is 0 Å². The van der Waals surface area contributed by atoms with E-state index in [-0.39, 0.29) is 5.78 Å². The molecule has 0 heterocycles. The van der Waals surface area contributed by atoms with Gasteiger partial charge in [-0.25, -0.2) is 4.79 Å². The number of carbonyl (C=O) groups excluding carboxylic acids is 2. The van der Waals surface area contributed by atoms with Crippen LogP contribution in [0.4, 0.5) is 4.79 Å². The van der Waals surface area contributed by atoms with Gasteiger partial charge in [-0.05, 0) is 6.42 Å². The number of rotatable bonds is 4. The lowest BCUT2D eigenvalue weighted by atomic mass is 10.1. The number of alkyl carbamates (subject to hydrolysis) is 1. The third kappa shape index (κ3) is 3.37. The molecule has 1 amide bonds. The van der Waals surface area contributed by atoms with Gasteiger partial charge in [-0.1, -0.05) is 13.8 Å². The number of hydrogen-bond acceptors (Lipinski definition) is 3. The molecule has 70 valence electrons. The lowest BCUT2D eigenvalue weighted by molar-refractivity contribution is -0.120. The minimum atomic E-state index is -0.552. The highest BCUT2D eigenvalue weighted by atomic mass is 16.5. The van der Waals surface area contributed by atoms with E-state index in [0.29, 0.717) is 12.8 Å². The van der Waals surface area contributed by atoms with Crippen LogP contribution in [0.2, 0.25) is 0 Å². The lowest BCUT2D eigenvalue weighted by Gasteiger charge is -2.13. The first-order valence-corrected chi connectivity index (χ1v) is 4.02. The van der Waals surface area contributed by atoms with Crippen LogP contribution in [-0.4, -0.2) is 25.0 Å². The van der Waals surface area contributed by atoms with Crippen molar-refractivity contribution in [3.05, 3.63) is 0 Å². The second kappa shape index (κ2) is 5.57. The topological polar surface area (TPSA) is 55.4 Å². The second-order valence-electron chi connectivity index (χ2n) is 2.42. The minimum absolute atomic E-state index is 0.0305. The Kier molecular flexibility index (Phi) is 5.08. The van der Waals surface area contributed by atoms with Gasteiger partial charge in [0.15, 0.2) is 5.78 Å². The minimum Gasteiger partial charge on any atom is -0.453 e. The van der Waals surface area contributed by atoms with Gasteiger partial charge < -0.3 is 10.1 Å². The summed E-state index contributed by atoms with van der Waals surface area (Å²) in [7, 11) is 1.28. The first-order chi connectivity index (χ1) is 5.65. The summed E-state index contributed by atoms with van der Waals surface area (Å²) >= 11 is 0. The van der Waals surface area contributed by atoms with Crippen molar-refractivity contribution >= 4 is 11.9 Å². The molecular weight excluding hydrogens is 158 g/mol. The zero-order chi connectivity index (χ0) is 9.56. The number of carbonyl (C=O) groups is 2. The molecule has 1 unspecified atom stereocenters. The Bertz CT molecular complexity index is 168. The molecule has 0 aliphatic rings. The Morgan fingerprint density at radius 2 is 2.00 bits per heavy atom. The molecule has 0 aliphatic heterocycles. The number of Topliss-reactive ketones (excluding diaryl/α,β-unsaturated/α-hetero) is 1. The normalized spacial score (nSPS) is 11.9. The standard InChI is InChI=1S/C8H15NO3/c1-4-6(7(10)5-2)9-8(11)12-3/h6H,4-5H2,1-3H3,(H,9,11). The first-order valence-electron chi connectivity index (χ1n) is 4.02. The van der Waals surface area contributed by atoms with Gasteiger partial charge in [0, 0.05) is 6.42 Å². The number of methoxy groups -OCH3 is 1. The zero-order valence-electron chi connectivity index (χ0n) is 7.72. The number of ether oxygens (including phenoxy) is 1. The van der Waals surface area contributed by atoms with Gasteiger partial charge >= 0.3 is 6.09 Å². The fraction of sp³-hybridized carbons (Fsp3) is 0.750. The van der Waals surface area contributed by atoms with Gasteiger partial charge in [-0.15, -0.1) is 0 Å². The van der Waals surface area contributed by atoms with E-state index in [4.69, 9.17) is 0 Å². The quantitative estimate of drug-likeness (QED) is 0.692. The molecule has 0 saturated heterocycles. The fourth-order valence-electron chi connectivity index (χ4n) is 0.858. The average molecular weight is 173 g/mol. The van der Waals surface area contributed by atoms with Gasteiger partial charge in [-0.2, -0.15) is 0 Å². The summed E-state index contributed by atoms with van der Waals surface area (Å²) in [5, 5.41) is 2.46. The summed E-state index contributed by atoms with van der Waals surface area (Å²) in [6, 6.07) is -0.401. The summed E-state index contributed by atoms with van der Waals surface area (Å²) in [4.78, 5) is 21.8. The van der Waals surface area contributed by atoms with Crippen molar-refractivity contribution in [1.82, 2.24) is 5.32 Å². The molecule has 1 N–H and O–H groups in total. The van der Waals surface area contributed by atoms with E-state index in [0.717, 1.165) is 0 Å². The molecule has 0 aliphatic carbocycles. The summed E-state index contributed by atoms with van der Waals surface area (Å²) < 4.78 is 4.37. The van der Waals surface area contributed by atoms with Gasteiger partial charge in [0.1, 0.15) is 0 Å². The van der Waals surface area contributed by atoms with Crippen LogP contribution in [0, 0.1) is 0 Å². The highest BCUT2D eigenvalue weighted by Crippen LogP contribution is 1.96. The highest BCUT2D eigenvalue weighted by Gasteiger charge is 2.16. The van der Waals surface area contributed by atoms with E-state index in [2.05, 4.69) is 10.1 Å². The number of nitrogens with one attached hydrogen (secondary N) is 1. The molecule has 0 aromatic heterocycles. The Hall–Kier alpha value is -1.06. The van der Waals surface area contributed by atoms with Crippen LogP contribution in [-0.2, 0) is 9.53 Å². The van der Waals surface area contributed by atoms with Crippen molar-refractivity contribution in [3.8, 4) is 0 Å². The maximum atomic E-state index is 11.1. The Balaban J connectivity index is 3.99. The van der Waals surface area contributed by atoms with Crippen molar-refractivity contribution in [2.45, 2.75) is 32.7 Å². The van der Waals surface area contributed by atoms with Gasteiger partial charge in [-0.3, -0.25) is 4.79 Å². The van der Waals surface area contributed by atoms with E-state index in [9.17, 15) is 9.59 Å². The zero-order valence-corrected chi connectivity index (χ0v) is 7.72. The highest BCUT2D eigenvalue weighted by molar-refractivity contribution is 5.86. The van der Waals surface area contributed by atoms with Crippen molar-refractivity contribution in [2.75, 3.05) is 7.11 Å². The molecule has 0 rings (SSSR count). The number of hydrogen-bond donors (Lipinski definition) is 1. The summed E-state index contributed by atoms with van der Waals surface area (Å²) in [6.45, 7) is 3.61. The van der Waals surface area contributed by atoms with Crippen molar-refractivity contribution in [2.24, 2.45) is 0 Å². The first kappa shape index (κ1) is 10.9. The maximum absolute atomic E-state index is 11.1. The summed E-state index contributed by atoms with van der Waals surface area (Å²) in [5.41, 5.74) is 0. The summed E-state index contributed by atoms with van der Waals surface area (Å²) in [6.07, 6.45) is 0.480. The molecule has 4 heteroatoms. The molecule has 0 fully saturated rings. The van der Waals surface area contributed by atoms with Crippen LogP contribution < -0.4 is 5.32 Å². The molecular formula is C8H15NO3. The monoisotopic (exact) mass is 173 g/mol. The van der Waals surface area contributed by atoms with Crippen LogP contribution >= 0.6 is 0 Å². The predicted molar refractivity (Wildman–Crippen MR) is 44.9 cm³/mol. The Morgan fingerprint density at radius 1 is 1.42 bits per heavy atom. The molecule has 1 atom stereocenters. The molecule has 0 saturated carbocycles. The van der Waals surface area contributed by atoms with E-state index < -0.39 is 12.1 Å². The smallest absolute Gasteiger partial charge is 0.407 e. The maximum Gasteiger partial charge on any atom is 0.407 e. The van der Waals surface area contributed by atoms with E-state index in [1.165, 1.54) is 7.11 Å². The van der Waals surface area contributed by atoms with Crippen LogP contribution in [0.5, 0.6) is 0 Å². The van der Waals surface area contributed by atoms with Gasteiger partial charge in [0.05, 0.1) is 13.2 Å². The molecule has 0 aromatic carbocycles. The molecule has 0 aromatic rings. The molecule has 0 radical (unpaired) electrons. The largest absolute Gasteiger partial charge is 0.453 e. The average Bonchev–Trinajstić information content (AvgIpc) is 2.12. The molecule has 0 bridgehead atoms. The third-order valence-electron chi connectivity index (χ3n) is 1.62. The molecule has 0 spiro atoms. The van der Waals surface area contributed by atoms with Crippen molar-refractivity contribution in [1.29, 1.82) is 0 Å². The lowest BCUT2D eigenvalue weighted by Crippen LogP contribution is -2.39. The van der Waals surface area contributed by atoms with Gasteiger partial charge in [0.2, 0.25) is 0 Å². The van der Waals surface area contributed by atoms with Crippen LogP contribution in [0.15, 0.2) is 0 Å². The molecule has 4 nitrogen and oxygen atoms in total. The fourth-order valence-corrected chi connectivity index (χ4v) is 0.858. The SMILES string of the molecule is CCC(=O)C(CC)NC(=O)OC. The van der Waals surface area contributed by atoms with Crippen molar-refractivity contribution in [3.63, 3.8) is 0 Å². The van der Waals surface area contributed by atoms with E-state index in [1.807, 2.05) is 6.92 Å². The Morgan fingerprint density at radius 3 is 2.33 bits per heavy atom. The van der Waals surface area contributed by atoms with Gasteiger partial charge in [0.25, 0.3) is 0 Å². The second-order valence-corrected chi connectivity index (χ2v) is 2.42. The van der Waals surface area contributed by atoms with Crippen molar-refractivity contribution < 1.29 is 14.3 Å². The number of ketones is 1.